The van der Waals surface area contributed by atoms with E-state index in [2.05, 4.69) is 5.32 Å². The number of ether oxygens (including phenoxy) is 1. The van der Waals surface area contributed by atoms with Crippen molar-refractivity contribution in [3.8, 4) is 0 Å². The number of benzene rings is 2. The Hall–Kier alpha value is -4.26. The number of carbonyl (C=O) groups is 5. The second kappa shape index (κ2) is 12.1. The zero-order valence-corrected chi connectivity index (χ0v) is 22.8. The Morgan fingerprint density at radius 2 is 1.61 bits per heavy atom. The van der Waals surface area contributed by atoms with Gasteiger partial charge >= 0.3 is 18.1 Å². The van der Waals surface area contributed by atoms with Crippen LogP contribution in [-0.4, -0.2) is 90.1 Å². The molecule has 0 aliphatic carbocycles. The van der Waals surface area contributed by atoms with Gasteiger partial charge in [0.15, 0.2) is 0 Å². The van der Waals surface area contributed by atoms with Crippen molar-refractivity contribution in [3.05, 3.63) is 71.3 Å². The van der Waals surface area contributed by atoms with Crippen LogP contribution in [0, 0.1) is 18.8 Å². The average Bonchev–Trinajstić information content (AvgIpc) is 3.37. The molecule has 0 bridgehead atoms. The number of nitrogens with one attached hydrogen (secondary N) is 1. The van der Waals surface area contributed by atoms with Crippen LogP contribution in [0.5, 0.6) is 0 Å². The monoisotopic (exact) mass is 577 g/mol. The molecule has 0 spiro atoms. The first-order valence-corrected chi connectivity index (χ1v) is 12.5. The number of amides is 3. The van der Waals surface area contributed by atoms with Crippen LogP contribution in [0.15, 0.2) is 54.6 Å². The van der Waals surface area contributed by atoms with Crippen LogP contribution >= 0.6 is 0 Å². The highest BCUT2D eigenvalue weighted by atomic mass is 19.4. The molecule has 4 rings (SSSR count). The van der Waals surface area contributed by atoms with Gasteiger partial charge in [-0.1, -0.05) is 48.0 Å². The van der Waals surface area contributed by atoms with Crippen LogP contribution in [-0.2, 0) is 30.3 Å². The number of methoxy groups -OCH3 is 1. The fraction of sp³-hybridized carbons (Fsp3) is 0.393. The van der Waals surface area contributed by atoms with E-state index in [9.17, 15) is 32.3 Å². The number of carboxylic acid groups (broad SMARTS) is 1. The van der Waals surface area contributed by atoms with Gasteiger partial charge in [0.05, 0.1) is 18.9 Å². The van der Waals surface area contributed by atoms with Gasteiger partial charge in [-0.25, -0.2) is 4.79 Å². The van der Waals surface area contributed by atoms with Crippen molar-refractivity contribution >= 4 is 29.7 Å². The predicted molar refractivity (Wildman–Crippen MR) is 138 cm³/mol. The quantitative estimate of drug-likeness (QED) is 0.394. The van der Waals surface area contributed by atoms with Crippen molar-refractivity contribution in [2.24, 2.45) is 11.8 Å². The molecule has 13 heteroatoms. The number of aryl methyl sites for hydroxylation is 1. The highest BCUT2D eigenvalue weighted by Crippen LogP contribution is 2.45. The molecule has 2 heterocycles. The second-order valence-corrected chi connectivity index (χ2v) is 9.97. The summed E-state index contributed by atoms with van der Waals surface area (Å²) < 4.78 is 36.9. The molecule has 220 valence electrons. The van der Waals surface area contributed by atoms with Crippen molar-refractivity contribution in [2.75, 3.05) is 27.7 Å². The van der Waals surface area contributed by atoms with Gasteiger partial charge in [-0.05, 0) is 24.6 Å². The SMILES string of the molecule is COC(=O)[C@]1(Cc2ccccc2)N[C@H](CN(C)C(=O)c2ccc(C)cc2)[C@@H]2C(=O)N(C)C(=O)[C@@H]21.O=C(O)C(F)(F)F. The third-order valence-corrected chi connectivity index (χ3v) is 7.21. The number of rotatable bonds is 6. The van der Waals surface area contributed by atoms with E-state index in [1.54, 1.807) is 19.2 Å². The lowest BCUT2D eigenvalue weighted by molar-refractivity contribution is -0.192. The van der Waals surface area contributed by atoms with Crippen LogP contribution in [0.1, 0.15) is 21.5 Å². The van der Waals surface area contributed by atoms with E-state index in [4.69, 9.17) is 14.6 Å². The second-order valence-electron chi connectivity index (χ2n) is 9.97. The van der Waals surface area contributed by atoms with Gasteiger partial charge in [-0.3, -0.25) is 29.4 Å². The Balaban J connectivity index is 0.000000587. The summed E-state index contributed by atoms with van der Waals surface area (Å²) in [5.74, 6) is -6.05. The standard InChI is InChI=1S/C26H29N3O5.C2HF3O2/c1-16-10-12-18(13-11-16)22(30)28(2)15-19-20-21(24(32)29(3)23(20)31)26(27-19,25(33)34-4)14-17-8-6-5-7-9-17;3-2(4,5)1(6)7/h5-13,19-21,27H,14-15H2,1-4H3;(H,6,7)/t19-,20+,21-,26-;/m1./s1. The Morgan fingerprint density at radius 3 is 2.12 bits per heavy atom. The van der Waals surface area contributed by atoms with Crippen molar-refractivity contribution in [1.82, 2.24) is 15.1 Å². The molecule has 0 aromatic heterocycles. The number of nitrogens with zero attached hydrogens (tertiary/aromatic N) is 2. The number of carboxylic acids is 1. The van der Waals surface area contributed by atoms with Gasteiger partial charge in [0.2, 0.25) is 11.8 Å². The van der Waals surface area contributed by atoms with Gasteiger partial charge in [0.1, 0.15) is 5.54 Å². The van der Waals surface area contributed by atoms with Crippen LogP contribution < -0.4 is 5.32 Å². The number of aliphatic carboxylic acids is 1. The summed E-state index contributed by atoms with van der Waals surface area (Å²) in [5.41, 5.74) is 0.980. The Labute approximate surface area is 234 Å². The number of hydrogen-bond donors (Lipinski definition) is 2. The Bertz CT molecular complexity index is 1320. The maximum Gasteiger partial charge on any atom is 0.490 e. The van der Waals surface area contributed by atoms with Gasteiger partial charge in [-0.2, -0.15) is 13.2 Å². The van der Waals surface area contributed by atoms with Crippen molar-refractivity contribution in [1.29, 1.82) is 0 Å². The third kappa shape index (κ3) is 6.40. The minimum atomic E-state index is -5.08. The van der Waals surface area contributed by atoms with E-state index in [1.807, 2.05) is 49.4 Å². The van der Waals surface area contributed by atoms with Gasteiger partial charge in [0, 0.05) is 38.7 Å². The molecule has 2 aliphatic rings. The lowest BCUT2D eigenvalue weighted by Gasteiger charge is -2.32. The zero-order valence-electron chi connectivity index (χ0n) is 22.8. The molecule has 10 nitrogen and oxygen atoms in total. The highest BCUT2D eigenvalue weighted by molar-refractivity contribution is 6.09. The molecule has 41 heavy (non-hydrogen) atoms. The fourth-order valence-corrected chi connectivity index (χ4v) is 5.24. The summed E-state index contributed by atoms with van der Waals surface area (Å²) in [6.07, 6.45) is -4.90. The molecule has 0 saturated carbocycles. The molecule has 2 aromatic rings. The van der Waals surface area contributed by atoms with E-state index in [0.717, 1.165) is 16.0 Å². The van der Waals surface area contributed by atoms with Gasteiger partial charge in [-0.15, -0.1) is 0 Å². The minimum absolute atomic E-state index is 0.147. The normalized spacial score (nSPS) is 23.4. The number of carbonyl (C=O) groups excluding carboxylic acids is 4. The topological polar surface area (TPSA) is 133 Å². The summed E-state index contributed by atoms with van der Waals surface area (Å²) in [4.78, 5) is 64.1. The largest absolute Gasteiger partial charge is 0.490 e. The number of likely N-dealkylation sites (N-methyl/N-ethyl adjacent to an activating group) is 1. The molecule has 2 aromatic carbocycles. The average molecular weight is 578 g/mol. The first-order valence-electron chi connectivity index (χ1n) is 12.5. The van der Waals surface area contributed by atoms with E-state index >= 15 is 0 Å². The zero-order chi connectivity index (χ0) is 30.7. The first-order chi connectivity index (χ1) is 19.1. The van der Waals surface area contributed by atoms with Crippen molar-refractivity contribution in [3.63, 3.8) is 0 Å². The molecule has 2 aliphatic heterocycles. The lowest BCUT2D eigenvalue weighted by Crippen LogP contribution is -2.59. The number of imide groups is 1. The lowest BCUT2D eigenvalue weighted by atomic mass is 9.76. The summed E-state index contributed by atoms with van der Waals surface area (Å²) >= 11 is 0. The van der Waals surface area contributed by atoms with Crippen molar-refractivity contribution < 1.29 is 47.0 Å². The molecular formula is C28H30F3N3O7. The number of alkyl halides is 3. The molecule has 2 N–H and O–H groups in total. The smallest absolute Gasteiger partial charge is 0.475 e. The summed E-state index contributed by atoms with van der Waals surface area (Å²) in [6, 6.07) is 15.9. The molecule has 4 atom stereocenters. The van der Waals surface area contributed by atoms with Gasteiger partial charge < -0.3 is 14.7 Å². The summed E-state index contributed by atoms with van der Waals surface area (Å²) in [6.45, 7) is 2.09. The number of esters is 1. The van der Waals surface area contributed by atoms with Gasteiger partial charge in [0.25, 0.3) is 5.91 Å². The van der Waals surface area contributed by atoms with Crippen LogP contribution in [0.25, 0.3) is 0 Å². The summed E-state index contributed by atoms with van der Waals surface area (Å²) in [7, 11) is 4.36. The Morgan fingerprint density at radius 1 is 1.05 bits per heavy atom. The maximum absolute atomic E-state index is 13.2. The van der Waals surface area contributed by atoms with E-state index in [-0.39, 0.29) is 24.8 Å². The Kier molecular flexibility index (Phi) is 9.22. The number of halogens is 3. The van der Waals surface area contributed by atoms with E-state index in [1.165, 1.54) is 19.1 Å². The van der Waals surface area contributed by atoms with Crippen LogP contribution in [0.2, 0.25) is 0 Å². The minimum Gasteiger partial charge on any atom is -0.475 e. The number of fused-ring (bicyclic) bond motifs is 1. The summed E-state index contributed by atoms with van der Waals surface area (Å²) in [5, 5.41) is 10.4. The molecular weight excluding hydrogens is 547 g/mol. The predicted octanol–water partition coefficient (Wildman–Crippen LogP) is 2.06. The van der Waals surface area contributed by atoms with E-state index < -0.39 is 47.4 Å². The number of likely N-dealkylation sites (tertiary alicyclic amines) is 1. The van der Waals surface area contributed by atoms with Crippen LogP contribution in [0.3, 0.4) is 0 Å². The fourth-order valence-electron chi connectivity index (χ4n) is 5.24. The first kappa shape index (κ1) is 31.3. The molecule has 0 unspecified atom stereocenters. The van der Waals surface area contributed by atoms with Crippen molar-refractivity contribution in [2.45, 2.75) is 31.1 Å². The number of hydrogen-bond acceptors (Lipinski definition) is 7. The molecule has 2 saturated heterocycles. The maximum atomic E-state index is 13.2. The van der Waals surface area contributed by atoms with E-state index in [0.29, 0.717) is 5.56 Å². The molecule has 2 fully saturated rings. The molecule has 3 amide bonds. The third-order valence-electron chi connectivity index (χ3n) is 7.21. The molecule has 0 radical (unpaired) electrons. The van der Waals surface area contributed by atoms with Crippen LogP contribution in [0.4, 0.5) is 13.2 Å². The highest BCUT2D eigenvalue weighted by Gasteiger charge is 2.68.